The van der Waals surface area contributed by atoms with Crippen LogP contribution < -0.4 is 4.74 Å². The molecule has 5 nitrogen and oxygen atoms in total. The fourth-order valence-corrected chi connectivity index (χ4v) is 4.89. The topological polar surface area (TPSA) is 68.1 Å². The van der Waals surface area contributed by atoms with E-state index in [1.165, 1.54) is 0 Å². The van der Waals surface area contributed by atoms with E-state index in [-0.39, 0.29) is 17.5 Å². The van der Waals surface area contributed by atoms with Gasteiger partial charge in [-0.15, -0.1) is 0 Å². The molecule has 0 saturated heterocycles. The number of ketones is 1. The summed E-state index contributed by atoms with van der Waals surface area (Å²) in [6, 6.07) is 10.1. The van der Waals surface area contributed by atoms with E-state index in [9.17, 15) is 9.90 Å². The summed E-state index contributed by atoms with van der Waals surface area (Å²) in [5.74, 6) is 0.872. The lowest BCUT2D eigenvalue weighted by molar-refractivity contribution is -0.116. The van der Waals surface area contributed by atoms with E-state index in [0.29, 0.717) is 43.8 Å². The number of benzene rings is 2. The Labute approximate surface area is 203 Å². The molecule has 1 atom stereocenters. The highest BCUT2D eigenvalue weighted by Crippen LogP contribution is 2.42. The molecule has 0 heterocycles. The molecule has 1 aliphatic rings. The molecule has 1 N–H and O–H groups in total. The van der Waals surface area contributed by atoms with Crippen LogP contribution in [-0.4, -0.2) is 23.2 Å². The fraction of sp³-hybridized carbons (Fsp3) is 0.448. The predicted octanol–water partition coefficient (Wildman–Crippen LogP) is 6.95. The van der Waals surface area contributed by atoms with Crippen LogP contribution in [0.2, 0.25) is 0 Å². The normalized spacial score (nSPS) is 16.7. The lowest BCUT2D eigenvalue weighted by Gasteiger charge is -2.29. The van der Waals surface area contributed by atoms with Crippen molar-refractivity contribution in [3.05, 3.63) is 75.0 Å². The van der Waals surface area contributed by atoms with Crippen LogP contribution in [0, 0.1) is 27.7 Å². The molecule has 0 bridgehead atoms. The molecule has 0 aromatic heterocycles. The van der Waals surface area contributed by atoms with E-state index in [1.807, 2.05) is 32.0 Å². The van der Waals surface area contributed by atoms with Crippen molar-refractivity contribution in [2.45, 2.75) is 79.8 Å². The average molecular weight is 464 g/mol. The summed E-state index contributed by atoms with van der Waals surface area (Å²) in [6.45, 7) is 13.1. The first-order valence-electron chi connectivity index (χ1n) is 12.2. The van der Waals surface area contributed by atoms with Crippen LogP contribution in [0.5, 0.6) is 5.75 Å². The van der Waals surface area contributed by atoms with Crippen LogP contribution >= 0.6 is 0 Å². The van der Waals surface area contributed by atoms with E-state index in [0.717, 1.165) is 45.6 Å². The van der Waals surface area contributed by atoms with Crippen molar-refractivity contribution in [3.63, 3.8) is 0 Å². The van der Waals surface area contributed by atoms with Gasteiger partial charge < -0.3 is 14.7 Å². The molecule has 2 aromatic carbocycles. The number of aliphatic hydroxyl groups excluding tert-OH is 1. The Hall–Kier alpha value is -3.08. The highest BCUT2D eigenvalue weighted by atomic mass is 16.6. The lowest BCUT2D eigenvalue weighted by Crippen LogP contribution is -2.25. The van der Waals surface area contributed by atoms with Gasteiger partial charge >= 0.3 is 0 Å². The zero-order chi connectivity index (χ0) is 24.8. The molecule has 0 radical (unpaired) electrons. The second-order valence-electron chi connectivity index (χ2n) is 9.07. The average Bonchev–Trinajstić information content (AvgIpc) is 2.81. The van der Waals surface area contributed by atoms with Crippen LogP contribution in [-0.2, 0) is 16.2 Å². The smallest absolute Gasteiger partial charge is 0.168 e. The molecule has 0 amide bonds. The minimum atomic E-state index is -0.0770. The van der Waals surface area contributed by atoms with Crippen molar-refractivity contribution >= 4 is 11.5 Å². The second kappa shape index (κ2) is 11.4. The van der Waals surface area contributed by atoms with Crippen LogP contribution in [0.25, 0.3) is 0 Å². The molecule has 1 aliphatic carbocycles. The first kappa shape index (κ1) is 25.5. The summed E-state index contributed by atoms with van der Waals surface area (Å²) in [7, 11) is 0. The predicted molar refractivity (Wildman–Crippen MR) is 137 cm³/mol. The minimum absolute atomic E-state index is 0.0702. The van der Waals surface area contributed by atoms with Gasteiger partial charge in [-0.25, -0.2) is 0 Å². The second-order valence-corrected chi connectivity index (χ2v) is 9.07. The van der Waals surface area contributed by atoms with E-state index < -0.39 is 0 Å². The zero-order valence-electron chi connectivity index (χ0n) is 21.3. The van der Waals surface area contributed by atoms with E-state index in [2.05, 4.69) is 45.0 Å². The van der Waals surface area contributed by atoms with E-state index in [4.69, 9.17) is 9.57 Å². The summed E-state index contributed by atoms with van der Waals surface area (Å²) >= 11 is 0. The highest BCUT2D eigenvalue weighted by molar-refractivity contribution is 6.23. The van der Waals surface area contributed by atoms with E-state index in [1.54, 1.807) is 0 Å². The molecule has 0 aliphatic heterocycles. The summed E-state index contributed by atoms with van der Waals surface area (Å²) in [6.07, 6.45) is 2.18. The largest absolute Gasteiger partial charge is 0.511 e. The van der Waals surface area contributed by atoms with Gasteiger partial charge in [0.25, 0.3) is 0 Å². The number of allylic oxidation sites excluding steroid dienone is 2. The number of ether oxygens (including phenoxy) is 1. The minimum Gasteiger partial charge on any atom is -0.511 e. The third-order valence-electron chi connectivity index (χ3n) is 6.77. The number of Topliss-reactive ketones (excluding diaryl/α,β-unsaturated/α-hetero) is 1. The summed E-state index contributed by atoms with van der Waals surface area (Å²) in [5.41, 5.74) is 7.57. The van der Waals surface area contributed by atoms with Crippen molar-refractivity contribution in [2.75, 3.05) is 6.61 Å². The van der Waals surface area contributed by atoms with Gasteiger partial charge in [0, 0.05) is 12.8 Å². The quantitative estimate of drug-likeness (QED) is 0.323. The van der Waals surface area contributed by atoms with Crippen molar-refractivity contribution in [3.8, 4) is 5.75 Å². The Morgan fingerprint density at radius 2 is 1.65 bits per heavy atom. The molecule has 34 heavy (non-hydrogen) atoms. The Bertz CT molecular complexity index is 1070. The summed E-state index contributed by atoms with van der Waals surface area (Å²) < 4.78 is 6.26. The van der Waals surface area contributed by atoms with Crippen LogP contribution in [0.15, 0.2) is 46.8 Å². The summed E-state index contributed by atoms with van der Waals surface area (Å²) in [5, 5.41) is 15.1. The standard InChI is InChI=1S/C29H37NO4/c1-7-12-24(30-34-8-2)28-25(31)15-23(16-26(28)32)27-18(3)20(5)29(21(6)19(27)4)33-17-22-13-10-9-11-14-22/h9-11,13-14,23,31H,7-8,12,15-17H2,1-6H3. The molecule has 2 aromatic rings. The SMILES string of the molecule is CCCC(=NOCC)C1=C(O)CC(c2c(C)c(C)c(OCc3ccccc3)c(C)c2C)CC1=O. The molecule has 3 rings (SSSR count). The number of carbonyl (C=O) groups excluding carboxylic acids is 1. The van der Waals surface area contributed by atoms with Gasteiger partial charge in [-0.05, 0) is 80.3 Å². The first-order valence-corrected chi connectivity index (χ1v) is 12.2. The van der Waals surface area contributed by atoms with Crippen molar-refractivity contribution in [1.82, 2.24) is 0 Å². The van der Waals surface area contributed by atoms with Crippen LogP contribution in [0.4, 0.5) is 0 Å². The monoisotopic (exact) mass is 463 g/mol. The van der Waals surface area contributed by atoms with Gasteiger partial charge in [-0.2, -0.15) is 0 Å². The Kier molecular flexibility index (Phi) is 8.54. The summed E-state index contributed by atoms with van der Waals surface area (Å²) in [4.78, 5) is 18.4. The van der Waals surface area contributed by atoms with Gasteiger partial charge in [-0.3, -0.25) is 4.79 Å². The molecule has 0 spiro atoms. The van der Waals surface area contributed by atoms with Crippen LogP contribution in [0.1, 0.15) is 78.8 Å². The Balaban J connectivity index is 1.93. The third-order valence-corrected chi connectivity index (χ3v) is 6.77. The number of hydrogen-bond donors (Lipinski definition) is 1. The molecular weight excluding hydrogens is 426 g/mol. The number of hydrogen-bond acceptors (Lipinski definition) is 5. The molecule has 5 heteroatoms. The maximum atomic E-state index is 13.2. The van der Waals surface area contributed by atoms with Crippen molar-refractivity contribution in [2.24, 2.45) is 5.16 Å². The lowest BCUT2D eigenvalue weighted by atomic mass is 9.76. The fourth-order valence-electron chi connectivity index (χ4n) is 4.89. The molecular formula is C29H37NO4. The van der Waals surface area contributed by atoms with Gasteiger partial charge in [-0.1, -0.05) is 48.8 Å². The number of rotatable bonds is 9. The van der Waals surface area contributed by atoms with Gasteiger partial charge in [0.1, 0.15) is 24.7 Å². The first-order chi connectivity index (χ1) is 16.3. The van der Waals surface area contributed by atoms with Gasteiger partial charge in [0.2, 0.25) is 0 Å². The van der Waals surface area contributed by atoms with E-state index >= 15 is 0 Å². The number of oxime groups is 1. The third kappa shape index (κ3) is 5.35. The van der Waals surface area contributed by atoms with Crippen molar-refractivity contribution in [1.29, 1.82) is 0 Å². The zero-order valence-corrected chi connectivity index (χ0v) is 21.3. The van der Waals surface area contributed by atoms with Crippen LogP contribution in [0.3, 0.4) is 0 Å². The van der Waals surface area contributed by atoms with Gasteiger partial charge in [0.05, 0.1) is 11.3 Å². The van der Waals surface area contributed by atoms with Gasteiger partial charge in [0.15, 0.2) is 5.78 Å². The Morgan fingerprint density at radius 3 is 2.21 bits per heavy atom. The molecule has 182 valence electrons. The molecule has 0 saturated carbocycles. The highest BCUT2D eigenvalue weighted by Gasteiger charge is 2.34. The number of aliphatic hydroxyl groups is 1. The number of nitrogens with zero attached hydrogens (tertiary/aromatic N) is 1. The molecule has 1 unspecified atom stereocenters. The Morgan fingerprint density at radius 1 is 1.00 bits per heavy atom. The number of carbonyl (C=O) groups is 1. The van der Waals surface area contributed by atoms with Crippen molar-refractivity contribution < 1.29 is 19.5 Å². The maximum absolute atomic E-state index is 13.2. The maximum Gasteiger partial charge on any atom is 0.168 e. The molecule has 0 fully saturated rings.